The van der Waals surface area contributed by atoms with Crippen LogP contribution in [0.25, 0.3) is 10.9 Å². The Labute approximate surface area is 151 Å². The number of hydrogen-bond donors (Lipinski definition) is 1. The summed E-state index contributed by atoms with van der Waals surface area (Å²) in [5.74, 6) is 1.86. The fraction of sp³-hybridized carbons (Fsp3) is 0.368. The molecule has 1 fully saturated rings. The molecule has 1 saturated heterocycles. The van der Waals surface area contributed by atoms with Gasteiger partial charge < -0.3 is 14.5 Å². The first-order valence-electron chi connectivity index (χ1n) is 8.68. The standard InChI is InChI=1S/C19H22N4OS/c1-22-11-8-20-19(22)25-13-14-6-9-23(10-7-14)18(24)16-12-21-17-5-3-2-4-15(16)17/h2-5,8,11-12,14,21H,6-7,9-10,13H2,1H3. The van der Waals surface area contributed by atoms with Crippen LogP contribution in [0.3, 0.4) is 0 Å². The molecule has 0 saturated carbocycles. The second-order valence-corrected chi connectivity index (χ2v) is 7.60. The third kappa shape index (κ3) is 3.31. The van der Waals surface area contributed by atoms with Gasteiger partial charge in [-0.05, 0) is 24.8 Å². The minimum atomic E-state index is 0.146. The molecule has 0 spiro atoms. The summed E-state index contributed by atoms with van der Waals surface area (Å²) in [4.78, 5) is 22.4. The van der Waals surface area contributed by atoms with E-state index in [4.69, 9.17) is 0 Å². The summed E-state index contributed by atoms with van der Waals surface area (Å²) in [6.45, 7) is 1.67. The van der Waals surface area contributed by atoms with Gasteiger partial charge in [0.15, 0.2) is 5.16 Å². The molecule has 1 N–H and O–H groups in total. The highest BCUT2D eigenvalue weighted by molar-refractivity contribution is 7.99. The van der Waals surface area contributed by atoms with Gasteiger partial charge in [-0.2, -0.15) is 0 Å². The molecular weight excluding hydrogens is 332 g/mol. The number of aryl methyl sites for hydroxylation is 1. The van der Waals surface area contributed by atoms with Crippen molar-refractivity contribution in [2.45, 2.75) is 18.0 Å². The number of fused-ring (bicyclic) bond motifs is 1. The Morgan fingerprint density at radius 1 is 1.32 bits per heavy atom. The smallest absolute Gasteiger partial charge is 0.256 e. The SMILES string of the molecule is Cn1ccnc1SCC1CCN(C(=O)c2c[nH]c3ccccc23)CC1. The first kappa shape index (κ1) is 16.3. The zero-order chi connectivity index (χ0) is 17.2. The first-order chi connectivity index (χ1) is 12.2. The lowest BCUT2D eigenvalue weighted by Gasteiger charge is -2.31. The van der Waals surface area contributed by atoms with Crippen molar-refractivity contribution in [3.63, 3.8) is 0 Å². The van der Waals surface area contributed by atoms with Crippen LogP contribution in [-0.2, 0) is 7.05 Å². The highest BCUT2D eigenvalue weighted by Gasteiger charge is 2.25. The van der Waals surface area contributed by atoms with Crippen molar-refractivity contribution < 1.29 is 4.79 Å². The van der Waals surface area contributed by atoms with Gasteiger partial charge >= 0.3 is 0 Å². The summed E-state index contributed by atoms with van der Waals surface area (Å²) in [7, 11) is 2.03. The van der Waals surface area contributed by atoms with Gasteiger partial charge in [0.2, 0.25) is 0 Å². The predicted molar refractivity (Wildman–Crippen MR) is 101 cm³/mol. The summed E-state index contributed by atoms with van der Waals surface area (Å²) in [5.41, 5.74) is 1.81. The third-order valence-electron chi connectivity index (χ3n) is 4.95. The van der Waals surface area contributed by atoms with E-state index in [0.29, 0.717) is 5.92 Å². The number of benzene rings is 1. The molecule has 5 nitrogen and oxygen atoms in total. The molecule has 3 heterocycles. The van der Waals surface area contributed by atoms with Gasteiger partial charge in [0.25, 0.3) is 5.91 Å². The number of carbonyl (C=O) groups excluding carboxylic acids is 1. The summed E-state index contributed by atoms with van der Waals surface area (Å²) in [5, 5.41) is 2.08. The van der Waals surface area contributed by atoms with Crippen molar-refractivity contribution >= 4 is 28.6 Å². The number of aromatic nitrogens is 3. The number of imidazole rings is 1. The van der Waals surface area contributed by atoms with Crippen LogP contribution in [0.15, 0.2) is 48.0 Å². The fourth-order valence-electron chi connectivity index (χ4n) is 3.40. The van der Waals surface area contributed by atoms with Gasteiger partial charge in [0, 0.05) is 55.4 Å². The number of rotatable bonds is 4. The summed E-state index contributed by atoms with van der Waals surface area (Å²) < 4.78 is 2.06. The normalized spacial score (nSPS) is 15.8. The maximum Gasteiger partial charge on any atom is 0.256 e. The lowest BCUT2D eigenvalue weighted by molar-refractivity contribution is 0.0700. The number of piperidine rings is 1. The fourth-order valence-corrected chi connectivity index (χ4v) is 4.52. The third-order valence-corrected chi connectivity index (χ3v) is 6.24. The van der Waals surface area contributed by atoms with E-state index >= 15 is 0 Å². The quantitative estimate of drug-likeness (QED) is 0.729. The van der Waals surface area contributed by atoms with Crippen LogP contribution in [-0.4, -0.2) is 44.2 Å². The highest BCUT2D eigenvalue weighted by atomic mass is 32.2. The molecule has 6 heteroatoms. The van der Waals surface area contributed by atoms with Crippen LogP contribution in [0, 0.1) is 5.92 Å². The highest BCUT2D eigenvalue weighted by Crippen LogP contribution is 2.27. The Hall–Kier alpha value is -2.21. The number of thioether (sulfide) groups is 1. The number of nitrogens with one attached hydrogen (secondary N) is 1. The molecule has 1 aliphatic heterocycles. The van der Waals surface area contributed by atoms with Gasteiger partial charge in [0.05, 0.1) is 5.56 Å². The summed E-state index contributed by atoms with van der Waals surface area (Å²) in [6, 6.07) is 7.98. The van der Waals surface area contributed by atoms with E-state index in [2.05, 4.69) is 14.5 Å². The second kappa shape index (κ2) is 6.96. The van der Waals surface area contributed by atoms with Gasteiger partial charge in [-0.1, -0.05) is 30.0 Å². The van der Waals surface area contributed by atoms with Crippen molar-refractivity contribution in [3.8, 4) is 0 Å². The van der Waals surface area contributed by atoms with Gasteiger partial charge in [-0.15, -0.1) is 0 Å². The number of likely N-dealkylation sites (tertiary alicyclic amines) is 1. The van der Waals surface area contributed by atoms with E-state index < -0.39 is 0 Å². The van der Waals surface area contributed by atoms with Crippen LogP contribution in [0.4, 0.5) is 0 Å². The molecule has 0 bridgehead atoms. The molecule has 1 aliphatic rings. The molecule has 2 aromatic heterocycles. The van der Waals surface area contributed by atoms with E-state index in [1.807, 2.05) is 66.6 Å². The average molecular weight is 354 g/mol. The minimum absolute atomic E-state index is 0.146. The molecular formula is C19H22N4OS. The minimum Gasteiger partial charge on any atom is -0.360 e. The van der Waals surface area contributed by atoms with Gasteiger partial charge in [-0.25, -0.2) is 4.98 Å². The van der Waals surface area contributed by atoms with E-state index in [1.165, 1.54) is 0 Å². The Bertz CT molecular complexity index is 876. The number of amides is 1. The molecule has 25 heavy (non-hydrogen) atoms. The molecule has 3 aromatic rings. The molecule has 1 aromatic carbocycles. The van der Waals surface area contributed by atoms with E-state index in [1.54, 1.807) is 0 Å². The van der Waals surface area contributed by atoms with Crippen LogP contribution in [0.2, 0.25) is 0 Å². The monoisotopic (exact) mass is 354 g/mol. The van der Waals surface area contributed by atoms with Crippen LogP contribution in [0.1, 0.15) is 23.2 Å². The van der Waals surface area contributed by atoms with Crippen molar-refractivity contribution in [2.75, 3.05) is 18.8 Å². The second-order valence-electron chi connectivity index (χ2n) is 6.62. The predicted octanol–water partition coefficient (Wildman–Crippen LogP) is 3.55. The Balaban J connectivity index is 1.35. The van der Waals surface area contributed by atoms with Crippen molar-refractivity contribution in [3.05, 3.63) is 48.4 Å². The molecule has 130 valence electrons. The summed E-state index contributed by atoms with van der Waals surface area (Å²) >= 11 is 1.81. The molecule has 0 atom stereocenters. The lowest BCUT2D eigenvalue weighted by atomic mass is 9.98. The van der Waals surface area contributed by atoms with Gasteiger partial charge in [0.1, 0.15) is 0 Å². The Kier molecular flexibility index (Phi) is 4.53. The molecule has 0 unspecified atom stereocenters. The Morgan fingerprint density at radius 2 is 2.12 bits per heavy atom. The van der Waals surface area contributed by atoms with E-state index in [-0.39, 0.29) is 5.91 Å². The molecule has 0 aliphatic carbocycles. The molecule has 0 radical (unpaired) electrons. The lowest BCUT2D eigenvalue weighted by Crippen LogP contribution is -2.38. The first-order valence-corrected chi connectivity index (χ1v) is 9.66. The zero-order valence-electron chi connectivity index (χ0n) is 14.3. The number of hydrogen-bond acceptors (Lipinski definition) is 3. The Morgan fingerprint density at radius 3 is 2.88 bits per heavy atom. The van der Waals surface area contributed by atoms with Gasteiger partial charge in [-0.3, -0.25) is 4.79 Å². The number of H-pyrrole nitrogens is 1. The molecule has 4 rings (SSSR count). The van der Waals surface area contributed by atoms with Crippen molar-refractivity contribution in [1.82, 2.24) is 19.4 Å². The number of nitrogens with zero attached hydrogens (tertiary/aromatic N) is 3. The number of aromatic amines is 1. The maximum absolute atomic E-state index is 12.9. The van der Waals surface area contributed by atoms with Crippen LogP contribution >= 0.6 is 11.8 Å². The average Bonchev–Trinajstić information content (AvgIpc) is 3.26. The topological polar surface area (TPSA) is 53.9 Å². The van der Waals surface area contributed by atoms with Crippen LogP contribution in [0.5, 0.6) is 0 Å². The van der Waals surface area contributed by atoms with Crippen molar-refractivity contribution in [1.29, 1.82) is 0 Å². The summed E-state index contributed by atoms with van der Waals surface area (Å²) in [6.07, 6.45) is 7.78. The van der Waals surface area contributed by atoms with Crippen molar-refractivity contribution in [2.24, 2.45) is 13.0 Å². The van der Waals surface area contributed by atoms with E-state index in [0.717, 1.165) is 53.3 Å². The largest absolute Gasteiger partial charge is 0.360 e. The van der Waals surface area contributed by atoms with E-state index in [9.17, 15) is 4.79 Å². The number of para-hydroxylation sites is 1. The zero-order valence-corrected chi connectivity index (χ0v) is 15.1. The maximum atomic E-state index is 12.9. The molecule has 1 amide bonds. The van der Waals surface area contributed by atoms with Crippen LogP contribution < -0.4 is 0 Å². The number of carbonyl (C=O) groups is 1.